The van der Waals surface area contributed by atoms with E-state index in [1.165, 1.54) is 64.2 Å². The summed E-state index contributed by atoms with van der Waals surface area (Å²) in [6.07, 6.45) is 10.1. The molecule has 1 rings (SSSR count). The maximum Gasteiger partial charge on any atom is 0.186 e. The smallest absolute Gasteiger partial charge is 0.186 e. The molecular weight excluding hydrogens is 448 g/mol. The average molecular weight is 497 g/mol. The van der Waals surface area contributed by atoms with E-state index >= 15 is 0 Å². The SMILES string of the molecule is CCCCCCCCCCCCCCCCS(=O)(=O)CCO[C@H]1O[C@H](CO)[C@@H](O)[C@H](O)[C@H]1O. The van der Waals surface area contributed by atoms with Gasteiger partial charge in [-0.25, -0.2) is 8.42 Å². The molecule has 8 nitrogen and oxygen atoms in total. The Bertz CT molecular complexity index is 569. The van der Waals surface area contributed by atoms with Gasteiger partial charge in [-0.05, 0) is 6.42 Å². The fourth-order valence-corrected chi connectivity index (χ4v) is 5.31. The summed E-state index contributed by atoms with van der Waals surface area (Å²) in [5.74, 6) is -0.108. The van der Waals surface area contributed by atoms with Crippen LogP contribution >= 0.6 is 0 Å². The molecule has 4 N–H and O–H groups in total. The molecule has 0 bridgehead atoms. The van der Waals surface area contributed by atoms with Gasteiger partial charge in [0.1, 0.15) is 24.4 Å². The molecule has 0 unspecified atom stereocenters. The van der Waals surface area contributed by atoms with E-state index in [-0.39, 0.29) is 18.1 Å². The zero-order chi connectivity index (χ0) is 24.5. The van der Waals surface area contributed by atoms with Crippen molar-refractivity contribution >= 4 is 9.84 Å². The number of unbranched alkanes of at least 4 members (excludes halogenated alkanes) is 13. The lowest BCUT2D eigenvalue weighted by molar-refractivity contribution is -0.299. The summed E-state index contributed by atoms with van der Waals surface area (Å²) in [5.41, 5.74) is 0. The van der Waals surface area contributed by atoms with E-state index in [4.69, 9.17) is 14.6 Å². The number of rotatable bonds is 20. The zero-order valence-electron chi connectivity index (χ0n) is 20.4. The minimum Gasteiger partial charge on any atom is -0.394 e. The van der Waals surface area contributed by atoms with Crippen molar-refractivity contribution < 1.29 is 38.3 Å². The second kappa shape index (κ2) is 18.0. The van der Waals surface area contributed by atoms with Crippen molar-refractivity contribution in [3.8, 4) is 0 Å². The highest BCUT2D eigenvalue weighted by atomic mass is 32.2. The van der Waals surface area contributed by atoms with Crippen LogP contribution in [0.5, 0.6) is 0 Å². The summed E-state index contributed by atoms with van der Waals surface area (Å²) in [5, 5.41) is 38.5. The van der Waals surface area contributed by atoms with Crippen molar-refractivity contribution in [3.05, 3.63) is 0 Å². The highest BCUT2D eigenvalue weighted by molar-refractivity contribution is 7.91. The van der Waals surface area contributed by atoms with Crippen molar-refractivity contribution in [2.45, 2.75) is 128 Å². The summed E-state index contributed by atoms with van der Waals surface area (Å²) in [7, 11) is -3.28. The van der Waals surface area contributed by atoms with Gasteiger partial charge in [-0.3, -0.25) is 0 Å². The van der Waals surface area contributed by atoms with Crippen LogP contribution in [0, 0.1) is 0 Å². The Kier molecular flexibility index (Phi) is 16.8. The predicted octanol–water partition coefficient (Wildman–Crippen LogP) is 2.70. The Labute approximate surface area is 200 Å². The van der Waals surface area contributed by atoms with Gasteiger partial charge in [0.05, 0.1) is 24.7 Å². The van der Waals surface area contributed by atoms with Gasteiger partial charge < -0.3 is 29.9 Å². The second-order valence-corrected chi connectivity index (χ2v) is 11.6. The standard InChI is InChI=1S/C24H48O8S/c1-2-3-4-5-6-7-8-9-10-11-12-13-14-15-17-33(29,30)18-16-31-24-23(28)22(27)21(26)20(19-25)32-24/h20-28H,2-19H2,1H3/t20-,21-,22+,23-,24+/m1/s1. The largest absolute Gasteiger partial charge is 0.394 e. The van der Waals surface area contributed by atoms with Gasteiger partial charge in [0, 0.05) is 0 Å². The summed E-state index contributed by atoms with van der Waals surface area (Å²) in [4.78, 5) is 0. The van der Waals surface area contributed by atoms with E-state index in [2.05, 4.69) is 6.92 Å². The van der Waals surface area contributed by atoms with Gasteiger partial charge in [-0.1, -0.05) is 90.4 Å². The topological polar surface area (TPSA) is 134 Å². The van der Waals surface area contributed by atoms with Crippen LogP contribution in [-0.4, -0.2) is 84.3 Å². The molecule has 0 saturated carbocycles. The molecule has 198 valence electrons. The third-order valence-electron chi connectivity index (χ3n) is 6.33. The lowest BCUT2D eigenvalue weighted by Crippen LogP contribution is -2.59. The predicted molar refractivity (Wildman–Crippen MR) is 129 cm³/mol. The van der Waals surface area contributed by atoms with E-state index in [1.54, 1.807) is 0 Å². The van der Waals surface area contributed by atoms with Gasteiger partial charge in [-0.2, -0.15) is 0 Å². The van der Waals surface area contributed by atoms with Crippen LogP contribution in [0.1, 0.15) is 96.8 Å². The van der Waals surface area contributed by atoms with Crippen LogP contribution in [-0.2, 0) is 19.3 Å². The van der Waals surface area contributed by atoms with Crippen LogP contribution in [0.2, 0.25) is 0 Å². The number of aliphatic hydroxyl groups is 4. The van der Waals surface area contributed by atoms with Crippen molar-refractivity contribution in [2.75, 3.05) is 24.7 Å². The molecule has 0 aromatic rings. The molecule has 0 aliphatic carbocycles. The van der Waals surface area contributed by atoms with Crippen molar-refractivity contribution in [1.82, 2.24) is 0 Å². The first kappa shape index (κ1) is 30.7. The third kappa shape index (κ3) is 13.4. The number of ether oxygens (including phenoxy) is 2. The molecule has 0 radical (unpaired) electrons. The maximum atomic E-state index is 12.2. The van der Waals surface area contributed by atoms with Crippen molar-refractivity contribution in [2.24, 2.45) is 0 Å². The normalized spacial score (nSPS) is 26.0. The van der Waals surface area contributed by atoms with Crippen LogP contribution in [0.25, 0.3) is 0 Å². The van der Waals surface area contributed by atoms with Crippen LogP contribution < -0.4 is 0 Å². The van der Waals surface area contributed by atoms with E-state index in [0.29, 0.717) is 6.42 Å². The van der Waals surface area contributed by atoms with E-state index < -0.39 is 47.2 Å². The molecule has 33 heavy (non-hydrogen) atoms. The monoisotopic (exact) mass is 496 g/mol. The van der Waals surface area contributed by atoms with Crippen LogP contribution in [0.4, 0.5) is 0 Å². The molecule has 0 amide bonds. The van der Waals surface area contributed by atoms with Crippen LogP contribution in [0.3, 0.4) is 0 Å². The number of aliphatic hydroxyl groups excluding tert-OH is 4. The third-order valence-corrected chi connectivity index (χ3v) is 8.03. The van der Waals surface area contributed by atoms with Crippen molar-refractivity contribution in [3.63, 3.8) is 0 Å². The quantitative estimate of drug-likeness (QED) is 0.189. The molecule has 1 fully saturated rings. The fraction of sp³-hybridized carbons (Fsp3) is 1.00. The summed E-state index contributed by atoms with van der Waals surface area (Å²) in [6, 6.07) is 0. The molecule has 0 spiro atoms. The Balaban J connectivity index is 2.02. The summed E-state index contributed by atoms with van der Waals surface area (Å²) in [6.45, 7) is 1.50. The minimum atomic E-state index is -3.28. The number of hydrogen-bond acceptors (Lipinski definition) is 8. The highest BCUT2D eigenvalue weighted by Crippen LogP contribution is 2.22. The number of sulfone groups is 1. The second-order valence-electron chi connectivity index (χ2n) is 9.32. The molecule has 5 atom stereocenters. The molecule has 1 aliphatic rings. The van der Waals surface area contributed by atoms with Crippen LogP contribution in [0.15, 0.2) is 0 Å². The van der Waals surface area contributed by atoms with Gasteiger partial charge in [-0.15, -0.1) is 0 Å². The first-order chi connectivity index (χ1) is 15.8. The fourth-order valence-electron chi connectivity index (χ4n) is 4.11. The summed E-state index contributed by atoms with van der Waals surface area (Å²) < 4.78 is 34.9. The molecule has 0 aromatic carbocycles. The Morgan fingerprint density at radius 3 is 1.67 bits per heavy atom. The Morgan fingerprint density at radius 2 is 1.18 bits per heavy atom. The average Bonchev–Trinajstić information content (AvgIpc) is 2.79. The first-order valence-corrected chi connectivity index (χ1v) is 14.8. The van der Waals surface area contributed by atoms with Gasteiger partial charge >= 0.3 is 0 Å². The highest BCUT2D eigenvalue weighted by Gasteiger charge is 2.44. The van der Waals surface area contributed by atoms with E-state index in [1.807, 2.05) is 0 Å². The zero-order valence-corrected chi connectivity index (χ0v) is 21.3. The molecule has 1 saturated heterocycles. The maximum absolute atomic E-state index is 12.2. The summed E-state index contributed by atoms with van der Waals surface area (Å²) >= 11 is 0. The lowest BCUT2D eigenvalue weighted by Gasteiger charge is -2.39. The lowest BCUT2D eigenvalue weighted by atomic mass is 9.99. The Hall–Kier alpha value is -0.290. The van der Waals surface area contributed by atoms with Crippen molar-refractivity contribution in [1.29, 1.82) is 0 Å². The van der Waals surface area contributed by atoms with Gasteiger partial charge in [0.2, 0.25) is 0 Å². The number of hydrogen-bond donors (Lipinski definition) is 4. The molecule has 9 heteroatoms. The van der Waals surface area contributed by atoms with E-state index in [0.717, 1.165) is 19.3 Å². The van der Waals surface area contributed by atoms with Gasteiger partial charge in [0.15, 0.2) is 16.1 Å². The molecular formula is C24H48O8S. The minimum absolute atomic E-state index is 0.100. The Morgan fingerprint density at radius 1 is 0.697 bits per heavy atom. The molecule has 1 heterocycles. The molecule has 1 aliphatic heterocycles. The van der Waals surface area contributed by atoms with E-state index in [9.17, 15) is 23.7 Å². The van der Waals surface area contributed by atoms with Gasteiger partial charge in [0.25, 0.3) is 0 Å². The molecule has 0 aromatic heterocycles. The first-order valence-electron chi connectivity index (χ1n) is 12.9.